The number of rotatable bonds is 7. The van der Waals surface area contributed by atoms with E-state index in [0.717, 1.165) is 25.5 Å². The molecule has 1 heterocycles. The molecule has 1 aliphatic heterocycles. The normalized spacial score (nSPS) is 19.8. The van der Waals surface area contributed by atoms with Crippen LogP contribution in [0.1, 0.15) is 32.6 Å². The van der Waals surface area contributed by atoms with E-state index in [2.05, 4.69) is 4.72 Å². The lowest BCUT2D eigenvalue weighted by Crippen LogP contribution is -2.49. The van der Waals surface area contributed by atoms with Crippen molar-refractivity contribution in [1.29, 1.82) is 0 Å². The highest BCUT2D eigenvalue weighted by Crippen LogP contribution is 2.21. The van der Waals surface area contributed by atoms with Crippen LogP contribution in [0.15, 0.2) is 30.3 Å². The smallest absolute Gasteiger partial charge is 0.263 e. The number of para-hydroxylation sites is 1. The zero-order valence-corrected chi connectivity index (χ0v) is 15.1. The van der Waals surface area contributed by atoms with Gasteiger partial charge in [0.15, 0.2) is 6.10 Å². The van der Waals surface area contributed by atoms with Crippen LogP contribution in [0.25, 0.3) is 0 Å². The largest absolute Gasteiger partial charge is 0.481 e. The van der Waals surface area contributed by atoms with E-state index < -0.39 is 16.1 Å². The second-order valence-corrected chi connectivity index (χ2v) is 8.04. The van der Waals surface area contributed by atoms with Gasteiger partial charge in [0.25, 0.3) is 5.91 Å². The Morgan fingerprint density at radius 1 is 1.33 bits per heavy atom. The summed E-state index contributed by atoms with van der Waals surface area (Å²) in [6.45, 7) is 2.81. The van der Waals surface area contributed by atoms with Crippen molar-refractivity contribution in [3.63, 3.8) is 0 Å². The maximum absolute atomic E-state index is 12.7. The summed E-state index contributed by atoms with van der Waals surface area (Å²) in [6, 6.07) is 9.35. The number of nitrogens with one attached hydrogen (secondary N) is 1. The monoisotopic (exact) mass is 354 g/mol. The Labute approximate surface area is 144 Å². The predicted molar refractivity (Wildman–Crippen MR) is 93.3 cm³/mol. The lowest BCUT2D eigenvalue weighted by atomic mass is 9.98. The Hall–Kier alpha value is -1.60. The Bertz CT molecular complexity index is 633. The molecular weight excluding hydrogens is 328 g/mol. The third-order valence-corrected chi connectivity index (χ3v) is 4.88. The van der Waals surface area contributed by atoms with E-state index in [1.165, 1.54) is 0 Å². The number of amides is 1. The molecule has 1 aliphatic rings. The van der Waals surface area contributed by atoms with Gasteiger partial charge in [-0.15, -0.1) is 0 Å². The number of sulfonamides is 1. The third-order valence-electron chi connectivity index (χ3n) is 4.16. The van der Waals surface area contributed by atoms with Crippen molar-refractivity contribution < 1.29 is 17.9 Å². The summed E-state index contributed by atoms with van der Waals surface area (Å²) in [7, 11) is -3.20. The first-order chi connectivity index (χ1) is 11.4. The van der Waals surface area contributed by atoms with Crippen molar-refractivity contribution in [2.75, 3.05) is 19.3 Å². The Morgan fingerprint density at radius 3 is 2.71 bits per heavy atom. The van der Waals surface area contributed by atoms with E-state index in [-0.39, 0.29) is 11.9 Å². The molecule has 0 radical (unpaired) electrons. The molecule has 24 heavy (non-hydrogen) atoms. The molecule has 0 bridgehead atoms. The van der Waals surface area contributed by atoms with Crippen molar-refractivity contribution in [2.45, 2.75) is 44.8 Å². The first-order valence-electron chi connectivity index (χ1n) is 8.33. The lowest BCUT2D eigenvalue weighted by Gasteiger charge is -2.37. The Kier molecular flexibility index (Phi) is 6.62. The molecule has 6 nitrogen and oxygen atoms in total. The van der Waals surface area contributed by atoms with Crippen LogP contribution in [-0.2, 0) is 14.8 Å². The quantitative estimate of drug-likeness (QED) is 0.810. The summed E-state index contributed by atoms with van der Waals surface area (Å²) in [5.74, 6) is 0.633. The molecule has 1 amide bonds. The molecule has 1 aromatic carbocycles. The van der Waals surface area contributed by atoms with E-state index in [1.54, 1.807) is 6.92 Å². The Morgan fingerprint density at radius 2 is 2.04 bits per heavy atom. The van der Waals surface area contributed by atoms with E-state index in [0.29, 0.717) is 25.3 Å². The molecule has 0 aliphatic carbocycles. The van der Waals surface area contributed by atoms with Crippen LogP contribution in [0.5, 0.6) is 5.75 Å². The van der Waals surface area contributed by atoms with Crippen molar-refractivity contribution >= 4 is 15.9 Å². The van der Waals surface area contributed by atoms with Gasteiger partial charge >= 0.3 is 0 Å². The van der Waals surface area contributed by atoms with Gasteiger partial charge in [0.2, 0.25) is 10.0 Å². The third kappa shape index (κ3) is 5.79. The zero-order chi connectivity index (χ0) is 17.6. The fraction of sp³-hybridized carbons (Fsp3) is 0.588. The first-order valence-corrected chi connectivity index (χ1v) is 10.2. The minimum absolute atomic E-state index is 0.0390. The fourth-order valence-electron chi connectivity index (χ4n) is 2.99. The van der Waals surface area contributed by atoms with Gasteiger partial charge in [-0.1, -0.05) is 18.2 Å². The Balaban J connectivity index is 1.94. The van der Waals surface area contributed by atoms with Crippen LogP contribution in [-0.4, -0.2) is 50.7 Å². The molecule has 1 N–H and O–H groups in total. The van der Waals surface area contributed by atoms with Gasteiger partial charge in [0.1, 0.15) is 5.75 Å². The van der Waals surface area contributed by atoms with Crippen molar-refractivity contribution in [1.82, 2.24) is 9.62 Å². The molecule has 2 atom stereocenters. The molecule has 0 spiro atoms. The van der Waals surface area contributed by atoms with Gasteiger partial charge in [-0.2, -0.15) is 0 Å². The number of hydrogen-bond acceptors (Lipinski definition) is 4. The zero-order valence-electron chi connectivity index (χ0n) is 14.3. The SMILES string of the molecule is CC(Oc1ccccc1)C(=O)N1CCCCC1CCNS(C)(=O)=O. The van der Waals surface area contributed by atoms with E-state index in [9.17, 15) is 13.2 Å². The van der Waals surface area contributed by atoms with E-state index in [1.807, 2.05) is 35.2 Å². The minimum atomic E-state index is -3.20. The van der Waals surface area contributed by atoms with Crippen molar-refractivity contribution in [2.24, 2.45) is 0 Å². The van der Waals surface area contributed by atoms with Gasteiger partial charge < -0.3 is 9.64 Å². The second-order valence-electron chi connectivity index (χ2n) is 6.21. The number of carbonyl (C=O) groups excluding carboxylic acids is 1. The highest BCUT2D eigenvalue weighted by Gasteiger charge is 2.30. The second kappa shape index (κ2) is 8.48. The van der Waals surface area contributed by atoms with Crippen LogP contribution in [0.4, 0.5) is 0 Å². The number of benzene rings is 1. The van der Waals surface area contributed by atoms with E-state index >= 15 is 0 Å². The fourth-order valence-corrected chi connectivity index (χ4v) is 3.48. The summed E-state index contributed by atoms with van der Waals surface area (Å²) in [5.41, 5.74) is 0. The highest BCUT2D eigenvalue weighted by molar-refractivity contribution is 7.88. The maximum atomic E-state index is 12.7. The number of ether oxygens (including phenoxy) is 1. The molecule has 0 saturated carbocycles. The van der Waals surface area contributed by atoms with Crippen LogP contribution < -0.4 is 9.46 Å². The van der Waals surface area contributed by atoms with Gasteiger partial charge in [0, 0.05) is 19.1 Å². The summed E-state index contributed by atoms with van der Waals surface area (Å²) < 4.78 is 30.6. The molecule has 0 aromatic heterocycles. The number of likely N-dealkylation sites (tertiary alicyclic amines) is 1. The lowest BCUT2D eigenvalue weighted by molar-refractivity contribution is -0.141. The number of piperidine rings is 1. The van der Waals surface area contributed by atoms with Crippen LogP contribution in [0, 0.1) is 0 Å². The van der Waals surface area contributed by atoms with Crippen molar-refractivity contribution in [3.8, 4) is 5.75 Å². The average molecular weight is 354 g/mol. The topological polar surface area (TPSA) is 75.7 Å². The predicted octanol–water partition coefficient (Wildman–Crippen LogP) is 1.77. The van der Waals surface area contributed by atoms with Gasteiger partial charge in [0.05, 0.1) is 6.26 Å². The minimum Gasteiger partial charge on any atom is -0.481 e. The van der Waals surface area contributed by atoms with E-state index in [4.69, 9.17) is 4.74 Å². The highest BCUT2D eigenvalue weighted by atomic mass is 32.2. The van der Waals surface area contributed by atoms with Crippen LogP contribution in [0.2, 0.25) is 0 Å². The molecule has 2 unspecified atom stereocenters. The van der Waals surface area contributed by atoms with Crippen LogP contribution >= 0.6 is 0 Å². The summed E-state index contributed by atoms with van der Waals surface area (Å²) >= 11 is 0. The molecular formula is C17H26N2O4S. The number of nitrogens with zero attached hydrogens (tertiary/aromatic N) is 1. The summed E-state index contributed by atoms with van der Waals surface area (Å²) in [6.07, 6.45) is 4.13. The molecule has 1 saturated heterocycles. The maximum Gasteiger partial charge on any atom is 0.263 e. The summed E-state index contributed by atoms with van der Waals surface area (Å²) in [4.78, 5) is 14.6. The molecule has 2 rings (SSSR count). The standard InChI is InChI=1S/C17H26N2O4S/c1-14(23-16-9-4-3-5-10-16)17(20)19-13-7-6-8-15(19)11-12-18-24(2,21)22/h3-5,9-10,14-15,18H,6-8,11-13H2,1-2H3. The van der Waals surface area contributed by atoms with Gasteiger partial charge in [-0.05, 0) is 44.7 Å². The van der Waals surface area contributed by atoms with Gasteiger partial charge in [-0.25, -0.2) is 13.1 Å². The first kappa shape index (κ1) is 18.7. The molecule has 7 heteroatoms. The molecule has 1 fully saturated rings. The number of carbonyl (C=O) groups is 1. The van der Waals surface area contributed by atoms with Crippen molar-refractivity contribution in [3.05, 3.63) is 30.3 Å². The van der Waals surface area contributed by atoms with Gasteiger partial charge in [-0.3, -0.25) is 4.79 Å². The molecule has 1 aromatic rings. The average Bonchev–Trinajstić information content (AvgIpc) is 2.54. The summed E-state index contributed by atoms with van der Waals surface area (Å²) in [5, 5.41) is 0. The van der Waals surface area contributed by atoms with Crippen LogP contribution in [0.3, 0.4) is 0 Å². The molecule has 134 valence electrons. The number of hydrogen-bond donors (Lipinski definition) is 1.